The summed E-state index contributed by atoms with van der Waals surface area (Å²) in [6.07, 6.45) is 0. The van der Waals surface area contributed by atoms with Gasteiger partial charge in [0.15, 0.2) is 5.78 Å². The summed E-state index contributed by atoms with van der Waals surface area (Å²) in [5.41, 5.74) is 3.65. The highest BCUT2D eigenvalue weighted by molar-refractivity contribution is 6.31. The maximum Gasteiger partial charge on any atom is 0.160 e. The van der Waals surface area contributed by atoms with Crippen molar-refractivity contribution in [3.05, 3.63) is 63.7 Å². The Morgan fingerprint density at radius 1 is 1.15 bits per heavy atom. The molecule has 0 saturated heterocycles. The lowest BCUT2D eigenvalue weighted by Gasteiger charge is -2.12. The first-order valence-electron chi connectivity index (χ1n) is 6.47. The van der Waals surface area contributed by atoms with Gasteiger partial charge in [-0.15, -0.1) is 0 Å². The molecular weight excluding hydrogens is 272 g/mol. The van der Waals surface area contributed by atoms with Gasteiger partial charge < -0.3 is 4.74 Å². The molecule has 0 heterocycles. The molecule has 0 aromatic heterocycles. The Hall–Kier alpha value is -1.80. The molecule has 104 valence electrons. The van der Waals surface area contributed by atoms with E-state index in [0.29, 0.717) is 17.2 Å². The van der Waals surface area contributed by atoms with Crippen LogP contribution in [0.1, 0.15) is 34.0 Å². The molecule has 0 unspecified atom stereocenters. The van der Waals surface area contributed by atoms with Gasteiger partial charge in [0.05, 0.1) is 0 Å². The number of ether oxygens (including phenoxy) is 1. The van der Waals surface area contributed by atoms with Gasteiger partial charge in [-0.05, 0) is 38.0 Å². The van der Waals surface area contributed by atoms with E-state index in [2.05, 4.69) is 0 Å². The molecule has 0 N–H and O–H groups in total. The Kier molecular flexibility index (Phi) is 4.46. The van der Waals surface area contributed by atoms with Crippen LogP contribution in [0.3, 0.4) is 0 Å². The molecule has 0 bridgehead atoms. The highest BCUT2D eigenvalue weighted by atomic mass is 35.5. The lowest BCUT2D eigenvalue weighted by atomic mass is 10.1. The summed E-state index contributed by atoms with van der Waals surface area (Å²) in [5, 5.41) is 0.686. The average molecular weight is 289 g/mol. The minimum atomic E-state index is 0.0443. The van der Waals surface area contributed by atoms with Gasteiger partial charge in [0.1, 0.15) is 12.4 Å². The zero-order valence-corrected chi connectivity index (χ0v) is 12.6. The minimum absolute atomic E-state index is 0.0443. The summed E-state index contributed by atoms with van der Waals surface area (Å²) < 4.78 is 5.81. The van der Waals surface area contributed by atoms with Crippen molar-refractivity contribution < 1.29 is 9.53 Å². The van der Waals surface area contributed by atoms with Gasteiger partial charge in [-0.1, -0.05) is 41.9 Å². The van der Waals surface area contributed by atoms with E-state index in [-0.39, 0.29) is 5.78 Å². The van der Waals surface area contributed by atoms with E-state index in [4.69, 9.17) is 16.3 Å². The van der Waals surface area contributed by atoms with E-state index in [1.807, 2.05) is 50.2 Å². The van der Waals surface area contributed by atoms with E-state index in [1.165, 1.54) is 0 Å². The van der Waals surface area contributed by atoms with Crippen LogP contribution in [0.2, 0.25) is 5.02 Å². The fourth-order valence-electron chi connectivity index (χ4n) is 2.11. The second-order valence-electron chi connectivity index (χ2n) is 4.87. The molecule has 0 radical (unpaired) electrons. The third kappa shape index (κ3) is 3.20. The van der Waals surface area contributed by atoms with Crippen molar-refractivity contribution in [2.45, 2.75) is 27.4 Å². The fraction of sp³-hybridized carbons (Fsp3) is 0.235. The van der Waals surface area contributed by atoms with Crippen molar-refractivity contribution in [2.75, 3.05) is 0 Å². The van der Waals surface area contributed by atoms with Crippen molar-refractivity contribution in [3.8, 4) is 5.75 Å². The molecule has 0 aliphatic heterocycles. The molecule has 0 fully saturated rings. The number of ketones is 1. The zero-order valence-electron chi connectivity index (χ0n) is 11.9. The van der Waals surface area contributed by atoms with Crippen LogP contribution in [0.5, 0.6) is 5.75 Å². The summed E-state index contributed by atoms with van der Waals surface area (Å²) in [4.78, 5) is 11.6. The first kappa shape index (κ1) is 14.6. The van der Waals surface area contributed by atoms with E-state index in [0.717, 1.165) is 22.4 Å². The largest absolute Gasteiger partial charge is 0.489 e. The number of benzene rings is 2. The lowest BCUT2D eigenvalue weighted by Crippen LogP contribution is -2.04. The Labute approximate surface area is 124 Å². The van der Waals surface area contributed by atoms with Crippen LogP contribution < -0.4 is 4.74 Å². The summed E-state index contributed by atoms with van der Waals surface area (Å²) in [6, 6.07) is 11.3. The van der Waals surface area contributed by atoms with Gasteiger partial charge in [-0.3, -0.25) is 4.79 Å². The van der Waals surface area contributed by atoms with Crippen LogP contribution in [-0.2, 0) is 6.61 Å². The molecule has 2 aromatic carbocycles. The van der Waals surface area contributed by atoms with Crippen LogP contribution in [0.25, 0.3) is 0 Å². The maximum atomic E-state index is 11.6. The van der Waals surface area contributed by atoms with E-state index in [9.17, 15) is 4.79 Å². The second-order valence-corrected chi connectivity index (χ2v) is 5.28. The lowest BCUT2D eigenvalue weighted by molar-refractivity contribution is 0.101. The molecule has 0 spiro atoms. The normalized spacial score (nSPS) is 10.4. The molecule has 2 nitrogen and oxygen atoms in total. The molecule has 0 aliphatic rings. The molecule has 20 heavy (non-hydrogen) atoms. The highest BCUT2D eigenvalue weighted by Gasteiger charge is 2.09. The number of carbonyl (C=O) groups is 1. The summed E-state index contributed by atoms with van der Waals surface area (Å²) in [5.74, 6) is 0.793. The number of hydrogen-bond acceptors (Lipinski definition) is 2. The van der Waals surface area contributed by atoms with Gasteiger partial charge in [0.25, 0.3) is 0 Å². The summed E-state index contributed by atoms with van der Waals surface area (Å²) >= 11 is 6.12. The Bertz CT molecular complexity index is 647. The number of aryl methyl sites for hydroxylation is 2. The van der Waals surface area contributed by atoms with E-state index >= 15 is 0 Å². The third-order valence-electron chi connectivity index (χ3n) is 3.24. The Morgan fingerprint density at radius 2 is 1.85 bits per heavy atom. The molecule has 0 atom stereocenters. The van der Waals surface area contributed by atoms with Gasteiger partial charge >= 0.3 is 0 Å². The molecule has 2 aromatic rings. The van der Waals surface area contributed by atoms with E-state index in [1.54, 1.807) is 6.92 Å². The zero-order chi connectivity index (χ0) is 14.7. The molecule has 0 saturated carbocycles. The van der Waals surface area contributed by atoms with Crippen LogP contribution in [0.4, 0.5) is 0 Å². The molecule has 2 rings (SSSR count). The van der Waals surface area contributed by atoms with Crippen LogP contribution in [0, 0.1) is 13.8 Å². The van der Waals surface area contributed by atoms with E-state index < -0.39 is 0 Å². The predicted molar refractivity (Wildman–Crippen MR) is 81.7 cm³/mol. The highest BCUT2D eigenvalue weighted by Crippen LogP contribution is 2.27. The summed E-state index contributed by atoms with van der Waals surface area (Å²) in [6.45, 7) is 5.86. The van der Waals surface area contributed by atoms with Crippen molar-refractivity contribution in [1.29, 1.82) is 0 Å². The maximum absolute atomic E-state index is 11.6. The topological polar surface area (TPSA) is 26.3 Å². The van der Waals surface area contributed by atoms with Gasteiger partial charge in [-0.2, -0.15) is 0 Å². The van der Waals surface area contributed by atoms with Gasteiger partial charge in [0, 0.05) is 16.1 Å². The van der Waals surface area contributed by atoms with Gasteiger partial charge in [-0.25, -0.2) is 0 Å². The van der Waals surface area contributed by atoms with Crippen molar-refractivity contribution in [1.82, 2.24) is 0 Å². The number of carbonyl (C=O) groups excluding carboxylic acids is 1. The molecule has 0 aliphatic carbocycles. The first-order chi connectivity index (χ1) is 9.49. The SMILES string of the molecule is CC(=O)c1ccccc1COc1cc(Cl)c(C)cc1C. The number of Topliss-reactive ketones (excluding diaryl/α,β-unsaturated/α-hetero) is 1. The van der Waals surface area contributed by atoms with Gasteiger partial charge in [0.2, 0.25) is 0 Å². The third-order valence-corrected chi connectivity index (χ3v) is 3.64. The molecule has 0 amide bonds. The molecule has 3 heteroatoms. The fourth-order valence-corrected chi connectivity index (χ4v) is 2.26. The van der Waals surface area contributed by atoms with Crippen LogP contribution in [0.15, 0.2) is 36.4 Å². The first-order valence-corrected chi connectivity index (χ1v) is 6.85. The van der Waals surface area contributed by atoms with Crippen molar-refractivity contribution in [2.24, 2.45) is 0 Å². The summed E-state index contributed by atoms with van der Waals surface area (Å²) in [7, 11) is 0. The second kappa shape index (κ2) is 6.10. The molecular formula is C17H17ClO2. The smallest absolute Gasteiger partial charge is 0.160 e. The number of hydrogen-bond donors (Lipinski definition) is 0. The predicted octanol–water partition coefficient (Wildman–Crippen LogP) is 4.74. The Morgan fingerprint density at radius 3 is 2.55 bits per heavy atom. The van der Waals surface area contributed by atoms with Crippen LogP contribution in [-0.4, -0.2) is 5.78 Å². The average Bonchev–Trinajstić information content (AvgIpc) is 2.41. The monoisotopic (exact) mass is 288 g/mol. The van der Waals surface area contributed by atoms with Crippen molar-refractivity contribution >= 4 is 17.4 Å². The van der Waals surface area contributed by atoms with Crippen molar-refractivity contribution in [3.63, 3.8) is 0 Å². The quantitative estimate of drug-likeness (QED) is 0.760. The number of halogens is 1. The standard InChI is InChI=1S/C17H17ClO2/c1-11-8-12(2)17(9-16(11)18)20-10-14-6-4-5-7-15(14)13(3)19/h4-9H,10H2,1-3H3. The minimum Gasteiger partial charge on any atom is -0.489 e. The van der Waals surface area contributed by atoms with Crippen LogP contribution >= 0.6 is 11.6 Å². The Balaban J connectivity index is 2.21. The number of rotatable bonds is 4.